The molecule has 1 fully saturated rings. The van der Waals surface area contributed by atoms with E-state index in [1.807, 2.05) is 19.9 Å². The molecular formula is C11H18O2. The highest BCUT2D eigenvalue weighted by Crippen LogP contribution is 2.20. The molecule has 0 N–H and O–H groups in total. The van der Waals surface area contributed by atoms with Crippen molar-refractivity contribution in [3.05, 3.63) is 11.6 Å². The summed E-state index contributed by atoms with van der Waals surface area (Å²) in [5.41, 5.74) is 0.979. The van der Waals surface area contributed by atoms with Crippen molar-refractivity contribution in [3.8, 4) is 0 Å². The molecular weight excluding hydrogens is 164 g/mol. The highest BCUT2D eigenvalue weighted by atomic mass is 16.5. The van der Waals surface area contributed by atoms with Crippen LogP contribution >= 0.6 is 0 Å². The van der Waals surface area contributed by atoms with Crippen molar-refractivity contribution in [1.82, 2.24) is 0 Å². The van der Waals surface area contributed by atoms with Crippen LogP contribution in [0.15, 0.2) is 11.6 Å². The van der Waals surface area contributed by atoms with E-state index in [1.165, 1.54) is 0 Å². The van der Waals surface area contributed by atoms with Gasteiger partial charge in [0.25, 0.3) is 0 Å². The lowest BCUT2D eigenvalue weighted by Gasteiger charge is -2.21. The third-order valence-electron chi connectivity index (χ3n) is 2.64. The van der Waals surface area contributed by atoms with E-state index in [4.69, 9.17) is 4.74 Å². The van der Waals surface area contributed by atoms with Crippen molar-refractivity contribution in [2.45, 2.75) is 33.1 Å². The summed E-state index contributed by atoms with van der Waals surface area (Å²) in [5.74, 6) is 0.563. The first-order valence-electron chi connectivity index (χ1n) is 5.06. The average Bonchev–Trinajstić information content (AvgIpc) is 2.21. The van der Waals surface area contributed by atoms with E-state index in [1.54, 1.807) is 0 Å². The molecule has 0 amide bonds. The normalized spacial score (nSPS) is 20.3. The summed E-state index contributed by atoms with van der Waals surface area (Å²) in [5, 5.41) is 0. The Morgan fingerprint density at radius 1 is 1.46 bits per heavy atom. The first-order chi connectivity index (χ1) is 6.29. The molecule has 1 aliphatic heterocycles. The monoisotopic (exact) mass is 182 g/mol. The van der Waals surface area contributed by atoms with Gasteiger partial charge in [0.1, 0.15) is 0 Å². The largest absolute Gasteiger partial charge is 0.381 e. The topological polar surface area (TPSA) is 26.3 Å². The third-order valence-corrected chi connectivity index (χ3v) is 2.64. The van der Waals surface area contributed by atoms with Crippen LogP contribution in [0.5, 0.6) is 0 Å². The van der Waals surface area contributed by atoms with Crippen molar-refractivity contribution in [2.75, 3.05) is 13.2 Å². The van der Waals surface area contributed by atoms with Gasteiger partial charge in [0.05, 0.1) is 0 Å². The number of carbonyl (C=O) groups is 1. The van der Waals surface area contributed by atoms with Gasteiger partial charge in [0.2, 0.25) is 0 Å². The second-order valence-electron chi connectivity index (χ2n) is 3.42. The minimum absolute atomic E-state index is 0.222. The van der Waals surface area contributed by atoms with Crippen LogP contribution in [0.1, 0.15) is 33.1 Å². The highest BCUT2D eigenvalue weighted by molar-refractivity contribution is 5.97. The number of carbonyl (C=O) groups excluding carboxylic acids is 1. The second-order valence-corrected chi connectivity index (χ2v) is 3.42. The molecule has 0 aromatic carbocycles. The maximum atomic E-state index is 11.8. The molecule has 13 heavy (non-hydrogen) atoms. The molecule has 1 heterocycles. The molecule has 0 aromatic rings. The maximum absolute atomic E-state index is 11.8. The molecule has 2 heteroatoms. The Kier molecular flexibility index (Phi) is 4.16. The van der Waals surface area contributed by atoms with Gasteiger partial charge in [-0.3, -0.25) is 4.79 Å². The number of ketones is 1. The van der Waals surface area contributed by atoms with Crippen LogP contribution in [-0.4, -0.2) is 19.0 Å². The van der Waals surface area contributed by atoms with E-state index in [0.717, 1.165) is 38.0 Å². The predicted molar refractivity (Wildman–Crippen MR) is 52.6 cm³/mol. The minimum atomic E-state index is 0.222. The van der Waals surface area contributed by atoms with Gasteiger partial charge in [0.15, 0.2) is 5.78 Å². The molecule has 0 saturated carbocycles. The molecule has 1 rings (SSSR count). The average molecular weight is 182 g/mol. The van der Waals surface area contributed by atoms with Gasteiger partial charge >= 0.3 is 0 Å². The van der Waals surface area contributed by atoms with E-state index in [0.29, 0.717) is 5.78 Å². The highest BCUT2D eigenvalue weighted by Gasteiger charge is 2.22. The zero-order valence-electron chi connectivity index (χ0n) is 8.51. The second kappa shape index (κ2) is 5.18. The Bertz CT molecular complexity index is 200. The summed E-state index contributed by atoms with van der Waals surface area (Å²) >= 11 is 0. The molecule has 0 radical (unpaired) electrons. The first kappa shape index (κ1) is 10.5. The van der Waals surface area contributed by atoms with Crippen LogP contribution in [0, 0.1) is 5.92 Å². The van der Waals surface area contributed by atoms with Crippen LogP contribution in [0.25, 0.3) is 0 Å². The van der Waals surface area contributed by atoms with E-state index in [-0.39, 0.29) is 5.92 Å². The van der Waals surface area contributed by atoms with E-state index in [9.17, 15) is 4.79 Å². The number of rotatable bonds is 3. The molecule has 74 valence electrons. The first-order valence-corrected chi connectivity index (χ1v) is 5.06. The van der Waals surface area contributed by atoms with Crippen molar-refractivity contribution in [3.63, 3.8) is 0 Å². The standard InChI is InChI=1S/C11H18O2/c1-3-9(4-2)11(12)10-5-7-13-8-6-10/h3,10H,4-8H2,1-2H3. The summed E-state index contributed by atoms with van der Waals surface area (Å²) in [6.07, 6.45) is 4.59. The zero-order valence-corrected chi connectivity index (χ0v) is 8.51. The van der Waals surface area contributed by atoms with Crippen molar-refractivity contribution >= 4 is 5.78 Å². The number of Topliss-reactive ketones (excluding diaryl/α,β-unsaturated/α-hetero) is 1. The summed E-state index contributed by atoms with van der Waals surface area (Å²) < 4.78 is 5.23. The van der Waals surface area contributed by atoms with Crippen molar-refractivity contribution in [2.24, 2.45) is 5.92 Å². The van der Waals surface area contributed by atoms with Gasteiger partial charge < -0.3 is 4.74 Å². The van der Waals surface area contributed by atoms with Gasteiger partial charge in [-0.15, -0.1) is 0 Å². The fourth-order valence-corrected chi connectivity index (χ4v) is 1.74. The number of hydrogen-bond donors (Lipinski definition) is 0. The van der Waals surface area contributed by atoms with Crippen LogP contribution < -0.4 is 0 Å². The quantitative estimate of drug-likeness (QED) is 0.626. The van der Waals surface area contributed by atoms with Crippen LogP contribution in [0.2, 0.25) is 0 Å². The molecule has 0 unspecified atom stereocenters. The number of ether oxygens (including phenoxy) is 1. The molecule has 0 aromatic heterocycles. The summed E-state index contributed by atoms with van der Waals surface area (Å²) in [6.45, 7) is 5.47. The molecule has 0 atom stereocenters. The lowest BCUT2D eigenvalue weighted by atomic mass is 9.90. The van der Waals surface area contributed by atoms with E-state index in [2.05, 4.69) is 0 Å². The Balaban J connectivity index is 2.54. The Hall–Kier alpha value is -0.630. The smallest absolute Gasteiger partial charge is 0.161 e. The Labute approximate surface area is 80.0 Å². The summed E-state index contributed by atoms with van der Waals surface area (Å²) in [4.78, 5) is 11.8. The van der Waals surface area contributed by atoms with Crippen LogP contribution in [-0.2, 0) is 9.53 Å². The van der Waals surface area contributed by atoms with Gasteiger partial charge in [-0.1, -0.05) is 13.0 Å². The van der Waals surface area contributed by atoms with Crippen molar-refractivity contribution < 1.29 is 9.53 Å². The predicted octanol–water partition coefficient (Wildman–Crippen LogP) is 2.34. The van der Waals surface area contributed by atoms with E-state index < -0.39 is 0 Å². The zero-order chi connectivity index (χ0) is 9.68. The van der Waals surface area contributed by atoms with Gasteiger partial charge in [-0.25, -0.2) is 0 Å². The SMILES string of the molecule is CC=C(CC)C(=O)C1CCOCC1. The summed E-state index contributed by atoms with van der Waals surface area (Å²) in [6, 6.07) is 0. The minimum Gasteiger partial charge on any atom is -0.381 e. The van der Waals surface area contributed by atoms with Gasteiger partial charge in [-0.05, 0) is 31.8 Å². The van der Waals surface area contributed by atoms with Crippen molar-refractivity contribution in [1.29, 1.82) is 0 Å². The fraction of sp³-hybridized carbons (Fsp3) is 0.727. The Morgan fingerprint density at radius 2 is 2.08 bits per heavy atom. The molecule has 1 aliphatic rings. The van der Waals surface area contributed by atoms with E-state index >= 15 is 0 Å². The molecule has 0 spiro atoms. The summed E-state index contributed by atoms with van der Waals surface area (Å²) in [7, 11) is 0. The lowest BCUT2D eigenvalue weighted by molar-refractivity contribution is -0.122. The lowest BCUT2D eigenvalue weighted by Crippen LogP contribution is -2.24. The maximum Gasteiger partial charge on any atom is 0.161 e. The Morgan fingerprint density at radius 3 is 2.54 bits per heavy atom. The number of hydrogen-bond acceptors (Lipinski definition) is 2. The molecule has 2 nitrogen and oxygen atoms in total. The third kappa shape index (κ3) is 2.66. The molecule has 0 bridgehead atoms. The molecule has 1 saturated heterocycles. The van der Waals surface area contributed by atoms with Gasteiger partial charge in [-0.2, -0.15) is 0 Å². The fourth-order valence-electron chi connectivity index (χ4n) is 1.74. The number of allylic oxidation sites excluding steroid dienone is 2. The molecule has 0 aliphatic carbocycles. The van der Waals surface area contributed by atoms with Crippen LogP contribution in [0.4, 0.5) is 0 Å². The van der Waals surface area contributed by atoms with Gasteiger partial charge in [0, 0.05) is 19.1 Å². The van der Waals surface area contributed by atoms with Crippen LogP contribution in [0.3, 0.4) is 0 Å².